The molecular formula is C11H17NO9. The first-order chi connectivity index (χ1) is 9.82. The topological polar surface area (TPSA) is 166 Å². The number of carbonyl (C=O) groups is 2. The number of hydrogen-bond donors (Lipinski definition) is 6. The fourth-order valence-corrected chi connectivity index (χ4v) is 2.47. The lowest BCUT2D eigenvalue weighted by atomic mass is 9.86. The minimum Gasteiger partial charge on any atom is -0.453 e. The zero-order chi connectivity index (χ0) is 15.8. The molecule has 2 fully saturated rings. The zero-order valence-corrected chi connectivity index (χ0v) is 10.9. The first-order valence-corrected chi connectivity index (χ1v) is 6.31. The number of ether oxygens (including phenoxy) is 2. The van der Waals surface area contributed by atoms with Crippen molar-refractivity contribution in [1.82, 2.24) is 5.32 Å². The summed E-state index contributed by atoms with van der Waals surface area (Å²) >= 11 is 0. The maximum atomic E-state index is 11.7. The van der Waals surface area contributed by atoms with Gasteiger partial charge in [-0.2, -0.15) is 0 Å². The van der Waals surface area contributed by atoms with E-state index >= 15 is 0 Å². The molecule has 6 N–H and O–H groups in total. The first kappa shape index (κ1) is 16.1. The molecule has 6 atom stereocenters. The fourth-order valence-electron chi connectivity index (χ4n) is 2.47. The average Bonchev–Trinajstić information content (AvgIpc) is 2.45. The third-order valence-corrected chi connectivity index (χ3v) is 3.51. The van der Waals surface area contributed by atoms with Gasteiger partial charge in [-0.25, -0.2) is 4.79 Å². The highest BCUT2D eigenvalue weighted by atomic mass is 16.7. The van der Waals surface area contributed by atoms with Crippen molar-refractivity contribution in [3.8, 4) is 0 Å². The van der Waals surface area contributed by atoms with Crippen molar-refractivity contribution in [2.75, 3.05) is 13.2 Å². The lowest BCUT2D eigenvalue weighted by Gasteiger charge is -2.50. The Bertz CT molecular complexity index is 430. The summed E-state index contributed by atoms with van der Waals surface area (Å²) in [6.07, 6.45) is -6.11. The van der Waals surface area contributed by atoms with E-state index in [9.17, 15) is 24.9 Å². The van der Waals surface area contributed by atoms with E-state index in [0.717, 1.165) is 0 Å². The number of amides is 1. The van der Waals surface area contributed by atoms with Crippen LogP contribution in [0.1, 0.15) is 6.42 Å². The highest BCUT2D eigenvalue weighted by molar-refractivity contribution is 5.80. The molecule has 0 radical (unpaired) electrons. The standard InChI is InChI=1S/C11H17NO9/c13-2-5(16)8-9-7(12-6(17)3-14)4(15)1-11(19,21-9)10(18)20-8/h4-5,7-9,13-16,19H,1-3H2,(H,12,17)/t4-,5+,7+,8+,9+,11-/m0/s1. The van der Waals surface area contributed by atoms with Crippen molar-refractivity contribution >= 4 is 11.9 Å². The minimum absolute atomic E-state index is 0.541. The molecule has 2 heterocycles. The number of fused-ring (bicyclic) bond motifs is 2. The SMILES string of the molecule is O=C(CO)N[C@H]1[C@H]2O[C@@](O)(C[C@@H]1O)C(=O)O[C@@H]2[C@H](O)CO. The Morgan fingerprint density at radius 2 is 2.14 bits per heavy atom. The third-order valence-electron chi connectivity index (χ3n) is 3.51. The number of rotatable bonds is 4. The predicted molar refractivity (Wildman–Crippen MR) is 62.4 cm³/mol. The highest BCUT2D eigenvalue weighted by Crippen LogP contribution is 2.36. The van der Waals surface area contributed by atoms with E-state index in [2.05, 4.69) is 5.32 Å². The molecule has 0 spiro atoms. The Balaban J connectivity index is 2.27. The molecule has 0 aromatic rings. The van der Waals surface area contributed by atoms with Crippen LogP contribution < -0.4 is 5.32 Å². The van der Waals surface area contributed by atoms with Gasteiger partial charge < -0.3 is 40.3 Å². The van der Waals surface area contributed by atoms with Gasteiger partial charge in [0.25, 0.3) is 5.79 Å². The van der Waals surface area contributed by atoms with E-state index in [1.807, 2.05) is 0 Å². The number of cyclic esters (lactones) is 1. The van der Waals surface area contributed by atoms with Crippen LogP contribution in [0, 0.1) is 0 Å². The molecule has 2 aliphatic rings. The molecule has 0 saturated carbocycles. The molecule has 0 aromatic carbocycles. The maximum absolute atomic E-state index is 11.7. The maximum Gasteiger partial charge on any atom is 0.367 e. The Morgan fingerprint density at radius 3 is 2.71 bits per heavy atom. The molecule has 120 valence electrons. The molecule has 21 heavy (non-hydrogen) atoms. The van der Waals surface area contributed by atoms with Gasteiger partial charge in [-0.1, -0.05) is 0 Å². The van der Waals surface area contributed by atoms with E-state index in [1.165, 1.54) is 0 Å². The van der Waals surface area contributed by atoms with Crippen LogP contribution in [0.4, 0.5) is 0 Å². The molecule has 10 heteroatoms. The van der Waals surface area contributed by atoms with Gasteiger partial charge >= 0.3 is 5.97 Å². The molecule has 2 bridgehead atoms. The van der Waals surface area contributed by atoms with Crippen LogP contribution in [0.3, 0.4) is 0 Å². The van der Waals surface area contributed by atoms with Crippen LogP contribution in [0.2, 0.25) is 0 Å². The minimum atomic E-state index is -2.38. The Kier molecular flexibility index (Phi) is 4.46. The molecule has 10 nitrogen and oxygen atoms in total. The van der Waals surface area contributed by atoms with Crippen LogP contribution in [0.25, 0.3) is 0 Å². The number of aliphatic hydroxyl groups is 5. The number of carbonyl (C=O) groups excluding carboxylic acids is 2. The number of nitrogens with one attached hydrogen (secondary N) is 1. The summed E-state index contributed by atoms with van der Waals surface area (Å²) in [6.45, 7) is -1.60. The quantitative estimate of drug-likeness (QED) is 0.281. The first-order valence-electron chi connectivity index (χ1n) is 6.31. The second kappa shape index (κ2) is 5.83. The number of esters is 1. The van der Waals surface area contributed by atoms with Gasteiger partial charge in [0, 0.05) is 6.42 Å². The summed E-state index contributed by atoms with van der Waals surface area (Å²) in [4.78, 5) is 22.9. The van der Waals surface area contributed by atoms with E-state index < -0.39 is 67.8 Å². The second-order valence-corrected chi connectivity index (χ2v) is 5.01. The van der Waals surface area contributed by atoms with Crippen molar-refractivity contribution in [3.05, 3.63) is 0 Å². The van der Waals surface area contributed by atoms with Gasteiger partial charge in [-0.15, -0.1) is 0 Å². The van der Waals surface area contributed by atoms with Crippen LogP contribution in [0.15, 0.2) is 0 Å². The molecular weight excluding hydrogens is 290 g/mol. The van der Waals surface area contributed by atoms with Gasteiger partial charge in [-0.3, -0.25) is 4.79 Å². The van der Waals surface area contributed by atoms with Crippen LogP contribution in [-0.2, 0) is 19.1 Å². The molecule has 0 aliphatic carbocycles. The molecule has 0 aromatic heterocycles. The normalized spacial score (nSPS) is 40.3. The lowest BCUT2D eigenvalue weighted by molar-refractivity contribution is -0.330. The van der Waals surface area contributed by atoms with Gasteiger partial charge in [0.15, 0.2) is 6.10 Å². The van der Waals surface area contributed by atoms with Crippen molar-refractivity contribution < 1.29 is 44.6 Å². The van der Waals surface area contributed by atoms with Crippen LogP contribution >= 0.6 is 0 Å². The summed E-state index contributed by atoms with van der Waals surface area (Å²) in [6, 6.07) is -1.13. The number of aliphatic hydroxyl groups excluding tert-OH is 4. The Morgan fingerprint density at radius 1 is 1.48 bits per heavy atom. The van der Waals surface area contributed by atoms with E-state index in [0.29, 0.717) is 0 Å². The molecule has 2 saturated heterocycles. The average molecular weight is 307 g/mol. The highest BCUT2D eigenvalue weighted by Gasteiger charge is 2.60. The Hall–Kier alpha value is -1.30. The van der Waals surface area contributed by atoms with Crippen molar-refractivity contribution in [3.63, 3.8) is 0 Å². The van der Waals surface area contributed by atoms with Crippen molar-refractivity contribution in [2.24, 2.45) is 0 Å². The van der Waals surface area contributed by atoms with Gasteiger partial charge in [0.2, 0.25) is 5.91 Å². The summed E-state index contributed by atoms with van der Waals surface area (Å²) in [5.74, 6) is -4.39. The second-order valence-electron chi connectivity index (χ2n) is 5.01. The third kappa shape index (κ3) is 2.86. The molecule has 2 rings (SSSR count). The number of hydrogen-bond acceptors (Lipinski definition) is 9. The van der Waals surface area contributed by atoms with Gasteiger partial charge in [0.1, 0.15) is 18.8 Å². The largest absolute Gasteiger partial charge is 0.453 e. The van der Waals surface area contributed by atoms with Gasteiger partial charge in [-0.05, 0) is 0 Å². The predicted octanol–water partition coefficient (Wildman–Crippen LogP) is -4.42. The lowest BCUT2D eigenvalue weighted by Crippen LogP contribution is -2.72. The summed E-state index contributed by atoms with van der Waals surface area (Å²) in [7, 11) is 0. The van der Waals surface area contributed by atoms with E-state index in [4.69, 9.17) is 19.7 Å². The summed E-state index contributed by atoms with van der Waals surface area (Å²) in [5, 5.41) is 49.6. The van der Waals surface area contributed by atoms with E-state index in [-0.39, 0.29) is 0 Å². The van der Waals surface area contributed by atoms with Crippen LogP contribution in [-0.4, -0.2) is 86.9 Å². The summed E-state index contributed by atoms with van der Waals surface area (Å²) < 4.78 is 9.99. The Labute approximate surface area is 118 Å². The molecule has 0 unspecified atom stereocenters. The zero-order valence-electron chi connectivity index (χ0n) is 10.9. The van der Waals surface area contributed by atoms with Crippen molar-refractivity contribution in [2.45, 2.75) is 42.7 Å². The van der Waals surface area contributed by atoms with Gasteiger partial charge in [0.05, 0.1) is 18.8 Å². The molecule has 2 aliphatic heterocycles. The van der Waals surface area contributed by atoms with Crippen molar-refractivity contribution in [1.29, 1.82) is 0 Å². The smallest absolute Gasteiger partial charge is 0.367 e. The molecule has 1 amide bonds. The van der Waals surface area contributed by atoms with Crippen LogP contribution in [0.5, 0.6) is 0 Å². The van der Waals surface area contributed by atoms with E-state index in [1.54, 1.807) is 0 Å². The summed E-state index contributed by atoms with van der Waals surface area (Å²) in [5.41, 5.74) is 0. The fraction of sp³-hybridized carbons (Fsp3) is 0.818. The monoisotopic (exact) mass is 307 g/mol.